The number of nitrogens with one attached hydrogen (secondary N) is 1. The molecule has 1 aliphatic rings. The van der Waals surface area contributed by atoms with Gasteiger partial charge in [-0.25, -0.2) is 0 Å². The van der Waals surface area contributed by atoms with E-state index < -0.39 is 0 Å². The molecule has 1 N–H and O–H groups in total. The largest absolute Gasteiger partial charge is 0.311 e. The Morgan fingerprint density at radius 1 is 1.50 bits per heavy atom. The zero-order valence-electron chi connectivity index (χ0n) is 11.9. The lowest BCUT2D eigenvalue weighted by Crippen LogP contribution is -2.52. The van der Waals surface area contributed by atoms with Crippen molar-refractivity contribution in [2.24, 2.45) is 5.92 Å². The second kappa shape index (κ2) is 6.69. The average molecular weight is 266 g/mol. The summed E-state index contributed by atoms with van der Waals surface area (Å²) in [6, 6.07) is 5.77. The first-order valence-electron chi connectivity index (χ1n) is 7.23. The van der Waals surface area contributed by atoms with Crippen LogP contribution >= 0.6 is 11.3 Å². The van der Waals surface area contributed by atoms with Crippen molar-refractivity contribution in [2.45, 2.75) is 45.7 Å². The lowest BCUT2D eigenvalue weighted by Gasteiger charge is -2.40. The smallest absolute Gasteiger partial charge is 0.0465 e. The molecule has 0 saturated carbocycles. The molecule has 0 bridgehead atoms. The maximum atomic E-state index is 3.65. The van der Waals surface area contributed by atoms with Crippen LogP contribution < -0.4 is 5.32 Å². The normalized spacial score (nSPS) is 23.4. The molecule has 1 aromatic heterocycles. The van der Waals surface area contributed by atoms with Crippen molar-refractivity contribution >= 4 is 11.3 Å². The van der Waals surface area contributed by atoms with E-state index in [2.05, 4.69) is 48.5 Å². The third-order valence-corrected chi connectivity index (χ3v) is 4.73. The first-order valence-corrected chi connectivity index (χ1v) is 8.11. The molecule has 18 heavy (non-hydrogen) atoms. The summed E-state index contributed by atoms with van der Waals surface area (Å²) in [5.74, 6) is 0.684. The Hall–Kier alpha value is -0.380. The Morgan fingerprint density at radius 3 is 2.94 bits per heavy atom. The fraction of sp³-hybridized carbons (Fsp3) is 0.733. The molecule has 0 aromatic carbocycles. The highest BCUT2D eigenvalue weighted by Crippen LogP contribution is 2.32. The number of rotatable bonds is 5. The van der Waals surface area contributed by atoms with Gasteiger partial charge >= 0.3 is 0 Å². The Balaban J connectivity index is 2.06. The van der Waals surface area contributed by atoms with Gasteiger partial charge in [0.15, 0.2) is 0 Å². The summed E-state index contributed by atoms with van der Waals surface area (Å²) in [4.78, 5) is 4.22. The van der Waals surface area contributed by atoms with Crippen molar-refractivity contribution < 1.29 is 0 Å². The van der Waals surface area contributed by atoms with E-state index in [9.17, 15) is 0 Å². The van der Waals surface area contributed by atoms with Crippen LogP contribution in [0.4, 0.5) is 0 Å². The van der Waals surface area contributed by atoms with Crippen LogP contribution in [0, 0.1) is 5.92 Å². The molecule has 2 unspecified atom stereocenters. The summed E-state index contributed by atoms with van der Waals surface area (Å²) in [7, 11) is 0. The lowest BCUT2D eigenvalue weighted by molar-refractivity contribution is 0.112. The van der Waals surface area contributed by atoms with Gasteiger partial charge in [-0.3, -0.25) is 4.90 Å². The highest BCUT2D eigenvalue weighted by molar-refractivity contribution is 7.10. The molecule has 1 saturated heterocycles. The Bertz CT molecular complexity index is 332. The Kier molecular flexibility index (Phi) is 5.22. The van der Waals surface area contributed by atoms with Crippen LogP contribution in [0.3, 0.4) is 0 Å². The zero-order chi connectivity index (χ0) is 13.0. The minimum atomic E-state index is 0.603. The minimum absolute atomic E-state index is 0.603. The van der Waals surface area contributed by atoms with Crippen molar-refractivity contribution in [1.29, 1.82) is 0 Å². The number of thiophene rings is 1. The molecule has 2 rings (SSSR count). The summed E-state index contributed by atoms with van der Waals surface area (Å²) < 4.78 is 0. The molecule has 1 aromatic rings. The highest BCUT2D eigenvalue weighted by Gasteiger charge is 2.28. The molecule has 0 radical (unpaired) electrons. The number of hydrogen-bond acceptors (Lipinski definition) is 3. The van der Waals surface area contributed by atoms with Crippen LogP contribution in [0.25, 0.3) is 0 Å². The van der Waals surface area contributed by atoms with Crippen LogP contribution in [0.5, 0.6) is 0 Å². The molecule has 0 amide bonds. The van der Waals surface area contributed by atoms with Gasteiger partial charge in [0.1, 0.15) is 0 Å². The fourth-order valence-electron chi connectivity index (χ4n) is 3.04. The van der Waals surface area contributed by atoms with Gasteiger partial charge < -0.3 is 5.32 Å². The summed E-state index contributed by atoms with van der Waals surface area (Å²) >= 11 is 1.91. The van der Waals surface area contributed by atoms with E-state index in [1.165, 1.54) is 30.8 Å². The van der Waals surface area contributed by atoms with E-state index in [0.717, 1.165) is 6.54 Å². The van der Waals surface area contributed by atoms with Crippen molar-refractivity contribution in [2.75, 3.05) is 19.6 Å². The van der Waals surface area contributed by atoms with Crippen LogP contribution in [-0.2, 0) is 0 Å². The molecule has 0 spiro atoms. The zero-order valence-corrected chi connectivity index (χ0v) is 12.7. The van der Waals surface area contributed by atoms with Crippen molar-refractivity contribution in [3.63, 3.8) is 0 Å². The Labute approximate surface area is 115 Å². The predicted octanol–water partition coefficient (Wildman–Crippen LogP) is 3.52. The SMILES string of the molecule is CCCC1CN(C(c2cccs2)C(C)C)CCN1. The topological polar surface area (TPSA) is 15.3 Å². The van der Waals surface area contributed by atoms with Crippen LogP contribution in [-0.4, -0.2) is 30.6 Å². The maximum Gasteiger partial charge on any atom is 0.0465 e. The number of hydrogen-bond donors (Lipinski definition) is 1. The van der Waals surface area contributed by atoms with Gasteiger partial charge in [0.05, 0.1) is 0 Å². The molecular weight excluding hydrogens is 240 g/mol. The first kappa shape index (κ1) is 14.0. The van der Waals surface area contributed by atoms with Gasteiger partial charge in [-0.15, -0.1) is 11.3 Å². The second-order valence-corrected chi connectivity index (χ2v) is 6.62. The van der Waals surface area contributed by atoms with E-state index in [-0.39, 0.29) is 0 Å². The minimum Gasteiger partial charge on any atom is -0.311 e. The van der Waals surface area contributed by atoms with Crippen molar-refractivity contribution in [3.05, 3.63) is 22.4 Å². The molecular formula is C15H26N2S. The standard InChI is InChI=1S/C15H26N2S/c1-4-6-13-11-17(9-8-16-13)15(12(2)3)14-7-5-10-18-14/h5,7,10,12-13,15-16H,4,6,8-9,11H2,1-3H3. The van der Waals surface area contributed by atoms with Crippen LogP contribution in [0.15, 0.2) is 17.5 Å². The molecule has 2 nitrogen and oxygen atoms in total. The first-order chi connectivity index (χ1) is 8.72. The van der Waals surface area contributed by atoms with Gasteiger partial charge in [0.25, 0.3) is 0 Å². The van der Waals surface area contributed by atoms with Gasteiger partial charge in [-0.2, -0.15) is 0 Å². The number of nitrogens with zero attached hydrogens (tertiary/aromatic N) is 1. The van der Waals surface area contributed by atoms with Gasteiger partial charge in [-0.1, -0.05) is 33.3 Å². The average Bonchev–Trinajstić information content (AvgIpc) is 2.83. The summed E-state index contributed by atoms with van der Waals surface area (Å²) in [6.07, 6.45) is 2.57. The van der Waals surface area contributed by atoms with E-state index in [1.807, 2.05) is 11.3 Å². The molecule has 102 valence electrons. The molecule has 2 atom stereocenters. The Morgan fingerprint density at radius 2 is 2.33 bits per heavy atom. The summed E-state index contributed by atoms with van der Waals surface area (Å²) in [5, 5.41) is 5.86. The lowest BCUT2D eigenvalue weighted by atomic mass is 9.98. The summed E-state index contributed by atoms with van der Waals surface area (Å²) in [5.41, 5.74) is 0. The van der Waals surface area contributed by atoms with Gasteiger partial charge in [0, 0.05) is 36.6 Å². The number of piperazine rings is 1. The van der Waals surface area contributed by atoms with Gasteiger partial charge in [0.2, 0.25) is 0 Å². The van der Waals surface area contributed by atoms with E-state index >= 15 is 0 Å². The quantitative estimate of drug-likeness (QED) is 0.877. The molecule has 1 fully saturated rings. The van der Waals surface area contributed by atoms with Crippen molar-refractivity contribution in [3.8, 4) is 0 Å². The van der Waals surface area contributed by atoms with Crippen LogP contribution in [0.1, 0.15) is 44.5 Å². The molecule has 0 aliphatic carbocycles. The van der Waals surface area contributed by atoms with E-state index in [1.54, 1.807) is 0 Å². The second-order valence-electron chi connectivity index (χ2n) is 5.64. The monoisotopic (exact) mass is 266 g/mol. The van der Waals surface area contributed by atoms with Crippen LogP contribution in [0.2, 0.25) is 0 Å². The van der Waals surface area contributed by atoms with E-state index in [0.29, 0.717) is 18.0 Å². The fourth-order valence-corrected chi connectivity index (χ4v) is 4.07. The van der Waals surface area contributed by atoms with E-state index in [4.69, 9.17) is 0 Å². The summed E-state index contributed by atoms with van der Waals surface area (Å²) in [6.45, 7) is 10.5. The highest BCUT2D eigenvalue weighted by atomic mass is 32.1. The van der Waals surface area contributed by atoms with Crippen molar-refractivity contribution in [1.82, 2.24) is 10.2 Å². The van der Waals surface area contributed by atoms with Gasteiger partial charge in [-0.05, 0) is 23.8 Å². The predicted molar refractivity (Wildman–Crippen MR) is 80.2 cm³/mol. The maximum absolute atomic E-state index is 3.65. The third-order valence-electron chi connectivity index (χ3n) is 3.78. The molecule has 3 heteroatoms. The molecule has 1 aliphatic heterocycles. The molecule has 2 heterocycles. The third kappa shape index (κ3) is 3.34.